The molecule has 6 heteroatoms. The van der Waals surface area contributed by atoms with Gasteiger partial charge in [-0.2, -0.15) is 0 Å². The lowest BCUT2D eigenvalue weighted by Gasteiger charge is -2.03. The Hall–Kier alpha value is -2.60. The smallest absolute Gasteiger partial charge is 0.220 e. The molecule has 0 saturated heterocycles. The van der Waals surface area contributed by atoms with Gasteiger partial charge in [0, 0.05) is 23.6 Å². The highest BCUT2D eigenvalue weighted by Gasteiger charge is 2.08. The molecular weight excluding hydrogens is 325 g/mol. The van der Waals surface area contributed by atoms with Gasteiger partial charge >= 0.3 is 0 Å². The van der Waals surface area contributed by atoms with Crippen LogP contribution in [0.1, 0.15) is 17.8 Å². The molecule has 0 bridgehead atoms. The molecular formula is C18H16FN3OS. The molecule has 0 aliphatic heterocycles. The third kappa shape index (κ3) is 4.45. The van der Waals surface area contributed by atoms with Crippen molar-refractivity contribution in [1.82, 2.24) is 15.3 Å². The van der Waals surface area contributed by atoms with Crippen LogP contribution in [0.5, 0.6) is 0 Å². The number of rotatable bonds is 6. The fourth-order valence-electron chi connectivity index (χ4n) is 2.17. The average Bonchev–Trinajstić information content (AvgIpc) is 3.09. The summed E-state index contributed by atoms with van der Waals surface area (Å²) in [4.78, 5) is 20.6. The second-order valence-corrected chi connectivity index (χ2v) is 6.11. The summed E-state index contributed by atoms with van der Waals surface area (Å²) in [6.45, 7) is 0.428. The number of nitrogens with one attached hydrogen (secondary N) is 1. The molecule has 3 aromatic rings. The third-order valence-electron chi connectivity index (χ3n) is 3.44. The number of hydrogen-bond acceptors (Lipinski definition) is 4. The fraction of sp³-hybridized carbons (Fsp3) is 0.167. The molecule has 2 aromatic heterocycles. The Morgan fingerprint density at radius 3 is 2.71 bits per heavy atom. The predicted octanol–water partition coefficient (Wildman–Crippen LogP) is 3.59. The van der Waals surface area contributed by atoms with Crippen LogP contribution in [-0.4, -0.2) is 15.9 Å². The zero-order valence-corrected chi connectivity index (χ0v) is 13.7. The van der Waals surface area contributed by atoms with Crippen molar-refractivity contribution in [3.8, 4) is 10.6 Å². The molecule has 2 heterocycles. The Balaban J connectivity index is 1.50. The largest absolute Gasteiger partial charge is 0.350 e. The Morgan fingerprint density at radius 2 is 1.96 bits per heavy atom. The van der Waals surface area contributed by atoms with Gasteiger partial charge in [0.1, 0.15) is 10.8 Å². The van der Waals surface area contributed by atoms with E-state index in [0.29, 0.717) is 19.4 Å². The van der Waals surface area contributed by atoms with Crippen LogP contribution in [0, 0.1) is 5.82 Å². The van der Waals surface area contributed by atoms with Gasteiger partial charge in [-0.1, -0.05) is 6.07 Å². The minimum atomic E-state index is -0.264. The molecule has 0 atom stereocenters. The zero-order chi connectivity index (χ0) is 16.8. The summed E-state index contributed by atoms with van der Waals surface area (Å²) < 4.78 is 12.9. The molecule has 0 spiro atoms. The van der Waals surface area contributed by atoms with Crippen molar-refractivity contribution in [2.45, 2.75) is 19.4 Å². The summed E-state index contributed by atoms with van der Waals surface area (Å²) in [6.07, 6.45) is 2.65. The lowest BCUT2D eigenvalue weighted by Crippen LogP contribution is -2.23. The van der Waals surface area contributed by atoms with Crippen LogP contribution in [0.15, 0.2) is 54.0 Å². The highest BCUT2D eigenvalue weighted by atomic mass is 32.1. The van der Waals surface area contributed by atoms with Gasteiger partial charge in [0.05, 0.1) is 17.9 Å². The van der Waals surface area contributed by atoms with Gasteiger partial charge in [0.15, 0.2) is 0 Å². The van der Waals surface area contributed by atoms with Gasteiger partial charge in [-0.05, 0) is 42.8 Å². The molecule has 0 aliphatic carbocycles. The number of carbonyl (C=O) groups is 1. The highest BCUT2D eigenvalue weighted by molar-refractivity contribution is 7.13. The number of nitrogens with zero attached hydrogens (tertiary/aromatic N) is 2. The van der Waals surface area contributed by atoms with E-state index < -0.39 is 0 Å². The van der Waals surface area contributed by atoms with Crippen LogP contribution in [0.25, 0.3) is 10.6 Å². The molecule has 0 radical (unpaired) electrons. The average molecular weight is 341 g/mol. The van der Waals surface area contributed by atoms with Crippen LogP contribution in [-0.2, 0) is 17.8 Å². The second kappa shape index (κ2) is 7.79. The molecule has 0 aliphatic rings. The Labute approximate surface area is 143 Å². The third-order valence-corrected chi connectivity index (χ3v) is 4.38. The number of aryl methyl sites for hydroxylation is 1. The molecule has 1 amide bonds. The number of pyridine rings is 1. The van der Waals surface area contributed by atoms with Gasteiger partial charge in [0.25, 0.3) is 0 Å². The summed E-state index contributed by atoms with van der Waals surface area (Å²) >= 11 is 1.50. The standard InChI is InChI=1S/C18H16FN3OS/c19-14-6-4-13(5-7-14)18-22-16(12-24-18)8-9-17(23)21-11-15-3-1-2-10-20-15/h1-7,10,12H,8-9,11H2,(H,21,23). The molecule has 4 nitrogen and oxygen atoms in total. The van der Waals surface area contributed by atoms with Gasteiger partial charge < -0.3 is 5.32 Å². The maximum atomic E-state index is 12.9. The van der Waals surface area contributed by atoms with Crippen LogP contribution >= 0.6 is 11.3 Å². The number of carbonyl (C=O) groups excluding carboxylic acids is 1. The summed E-state index contributed by atoms with van der Waals surface area (Å²) in [5.74, 6) is -0.294. The number of aromatic nitrogens is 2. The first-order valence-electron chi connectivity index (χ1n) is 7.57. The van der Waals surface area contributed by atoms with Crippen molar-refractivity contribution in [3.63, 3.8) is 0 Å². The van der Waals surface area contributed by atoms with E-state index >= 15 is 0 Å². The molecule has 0 fully saturated rings. The minimum absolute atomic E-state index is 0.0306. The molecule has 3 rings (SSSR count). The number of benzene rings is 1. The summed E-state index contributed by atoms with van der Waals surface area (Å²) in [6, 6.07) is 11.8. The van der Waals surface area contributed by atoms with Crippen LogP contribution < -0.4 is 5.32 Å². The predicted molar refractivity (Wildman–Crippen MR) is 91.9 cm³/mol. The first-order chi connectivity index (χ1) is 11.7. The van der Waals surface area contributed by atoms with Crippen LogP contribution in [0.3, 0.4) is 0 Å². The van der Waals surface area contributed by atoms with Crippen molar-refractivity contribution < 1.29 is 9.18 Å². The minimum Gasteiger partial charge on any atom is -0.350 e. The van der Waals surface area contributed by atoms with Crippen molar-refractivity contribution in [2.24, 2.45) is 0 Å². The summed E-state index contributed by atoms with van der Waals surface area (Å²) in [5.41, 5.74) is 2.58. The van der Waals surface area contributed by atoms with Gasteiger partial charge in [-0.3, -0.25) is 9.78 Å². The molecule has 122 valence electrons. The maximum Gasteiger partial charge on any atom is 0.220 e. The van der Waals surface area contributed by atoms with Crippen LogP contribution in [0.2, 0.25) is 0 Å². The van der Waals surface area contributed by atoms with Crippen LogP contribution in [0.4, 0.5) is 4.39 Å². The molecule has 24 heavy (non-hydrogen) atoms. The zero-order valence-electron chi connectivity index (χ0n) is 12.9. The Bertz CT molecular complexity index is 803. The van der Waals surface area contributed by atoms with E-state index in [2.05, 4.69) is 15.3 Å². The number of amides is 1. The normalized spacial score (nSPS) is 10.5. The highest BCUT2D eigenvalue weighted by Crippen LogP contribution is 2.24. The molecule has 1 aromatic carbocycles. The lowest BCUT2D eigenvalue weighted by atomic mass is 10.2. The number of thiazole rings is 1. The Morgan fingerprint density at radius 1 is 1.12 bits per heavy atom. The number of hydrogen-bond donors (Lipinski definition) is 1. The van der Waals surface area contributed by atoms with E-state index in [-0.39, 0.29) is 11.7 Å². The quantitative estimate of drug-likeness (QED) is 0.745. The van der Waals surface area contributed by atoms with Crippen molar-refractivity contribution in [1.29, 1.82) is 0 Å². The van der Waals surface area contributed by atoms with Crippen molar-refractivity contribution in [3.05, 3.63) is 71.2 Å². The summed E-state index contributed by atoms with van der Waals surface area (Å²) in [7, 11) is 0. The first-order valence-corrected chi connectivity index (χ1v) is 8.45. The van der Waals surface area contributed by atoms with E-state index in [1.807, 2.05) is 23.6 Å². The molecule has 0 saturated carbocycles. The van der Waals surface area contributed by atoms with E-state index in [1.54, 1.807) is 18.3 Å². The van der Waals surface area contributed by atoms with E-state index in [4.69, 9.17) is 0 Å². The SMILES string of the molecule is O=C(CCc1csc(-c2ccc(F)cc2)n1)NCc1ccccn1. The van der Waals surface area contributed by atoms with Gasteiger partial charge in [-0.15, -0.1) is 11.3 Å². The van der Waals surface area contributed by atoms with E-state index in [0.717, 1.165) is 22.0 Å². The monoisotopic (exact) mass is 341 g/mol. The van der Waals surface area contributed by atoms with Crippen molar-refractivity contribution >= 4 is 17.2 Å². The Kier molecular flexibility index (Phi) is 5.28. The maximum absolute atomic E-state index is 12.9. The van der Waals surface area contributed by atoms with Crippen molar-refractivity contribution in [2.75, 3.05) is 0 Å². The topological polar surface area (TPSA) is 54.9 Å². The molecule has 1 N–H and O–H groups in total. The lowest BCUT2D eigenvalue weighted by molar-refractivity contribution is -0.121. The van der Waals surface area contributed by atoms with Gasteiger partial charge in [0.2, 0.25) is 5.91 Å². The van der Waals surface area contributed by atoms with E-state index in [9.17, 15) is 9.18 Å². The number of halogens is 1. The summed E-state index contributed by atoms with van der Waals surface area (Å²) in [5, 5.41) is 5.61. The van der Waals surface area contributed by atoms with E-state index in [1.165, 1.54) is 23.5 Å². The first kappa shape index (κ1) is 16.3. The second-order valence-electron chi connectivity index (χ2n) is 5.25. The molecule has 0 unspecified atom stereocenters. The fourth-order valence-corrected chi connectivity index (χ4v) is 3.03. The van der Waals surface area contributed by atoms with Gasteiger partial charge in [-0.25, -0.2) is 9.37 Å².